The quantitative estimate of drug-likeness (QED) is 0.569. The summed E-state index contributed by atoms with van der Waals surface area (Å²) in [5.74, 6) is -0.404. The van der Waals surface area contributed by atoms with Crippen LogP contribution in [0.1, 0.15) is 12.0 Å². The fraction of sp³-hybridized carbons (Fsp3) is 0.333. The third-order valence-corrected chi connectivity index (χ3v) is 2.60. The van der Waals surface area contributed by atoms with Gasteiger partial charge in [-0.1, -0.05) is 12.1 Å². The van der Waals surface area contributed by atoms with Crippen LogP contribution in [-0.4, -0.2) is 19.0 Å². The Bertz CT molecular complexity index is 408. The second kappa shape index (κ2) is 4.35. The molecule has 1 aromatic rings. The monoisotopic (exact) mass is 220 g/mol. The molecule has 1 unspecified atom stereocenters. The lowest BCUT2D eigenvalue weighted by Crippen LogP contribution is -2.10. The lowest BCUT2D eigenvalue weighted by Gasteiger charge is -2.05. The minimum absolute atomic E-state index is 0.185. The molecule has 0 aromatic heterocycles. The van der Waals surface area contributed by atoms with E-state index in [0.29, 0.717) is 6.42 Å². The van der Waals surface area contributed by atoms with E-state index in [-0.39, 0.29) is 12.3 Å². The van der Waals surface area contributed by atoms with Gasteiger partial charge in [0.05, 0.1) is 19.4 Å². The first-order chi connectivity index (χ1) is 7.69. The molecule has 84 valence electrons. The van der Waals surface area contributed by atoms with Crippen LogP contribution in [0, 0.1) is 5.92 Å². The van der Waals surface area contributed by atoms with Gasteiger partial charge in [-0.15, -0.1) is 0 Å². The number of esters is 2. The SMILES string of the molecule is COc1ccc(CC2CC(=O)OC2=O)cc1. The van der Waals surface area contributed by atoms with Gasteiger partial charge in [0.1, 0.15) is 5.75 Å². The molecule has 1 heterocycles. The minimum Gasteiger partial charge on any atom is -0.497 e. The Morgan fingerprint density at radius 1 is 1.31 bits per heavy atom. The van der Waals surface area contributed by atoms with Crippen molar-refractivity contribution in [2.75, 3.05) is 7.11 Å². The summed E-state index contributed by atoms with van der Waals surface area (Å²) in [4.78, 5) is 22.1. The molecule has 2 rings (SSSR count). The van der Waals surface area contributed by atoms with Crippen LogP contribution in [-0.2, 0) is 20.7 Å². The van der Waals surface area contributed by atoms with E-state index in [1.165, 1.54) is 0 Å². The molecular formula is C12H12O4. The van der Waals surface area contributed by atoms with Crippen LogP contribution in [0.25, 0.3) is 0 Å². The molecule has 0 N–H and O–H groups in total. The van der Waals surface area contributed by atoms with Crippen LogP contribution in [0.3, 0.4) is 0 Å². The Morgan fingerprint density at radius 3 is 2.50 bits per heavy atom. The fourth-order valence-electron chi connectivity index (χ4n) is 1.72. The summed E-state index contributed by atoms with van der Waals surface area (Å²) in [5, 5.41) is 0. The highest BCUT2D eigenvalue weighted by Gasteiger charge is 2.33. The second-order valence-electron chi connectivity index (χ2n) is 3.75. The highest BCUT2D eigenvalue weighted by molar-refractivity contribution is 5.94. The van der Waals surface area contributed by atoms with Crippen LogP contribution >= 0.6 is 0 Å². The topological polar surface area (TPSA) is 52.6 Å². The molecule has 1 atom stereocenters. The normalized spacial score (nSPS) is 19.7. The molecule has 1 aromatic carbocycles. The number of hydrogen-bond donors (Lipinski definition) is 0. The molecule has 1 saturated heterocycles. The minimum atomic E-state index is -0.427. The summed E-state index contributed by atoms with van der Waals surface area (Å²) in [6, 6.07) is 7.43. The van der Waals surface area contributed by atoms with Crippen molar-refractivity contribution in [3.05, 3.63) is 29.8 Å². The van der Waals surface area contributed by atoms with Crippen LogP contribution in [0.2, 0.25) is 0 Å². The van der Waals surface area contributed by atoms with E-state index in [1.807, 2.05) is 24.3 Å². The van der Waals surface area contributed by atoms with Crippen molar-refractivity contribution in [3.8, 4) is 5.75 Å². The predicted octanol–water partition coefficient (Wildman–Crippen LogP) is 1.33. The van der Waals surface area contributed by atoms with E-state index < -0.39 is 11.9 Å². The van der Waals surface area contributed by atoms with Crippen molar-refractivity contribution in [2.24, 2.45) is 5.92 Å². The number of carbonyl (C=O) groups is 2. The van der Waals surface area contributed by atoms with Crippen molar-refractivity contribution < 1.29 is 19.1 Å². The van der Waals surface area contributed by atoms with Gasteiger partial charge in [0, 0.05) is 0 Å². The number of ether oxygens (including phenoxy) is 2. The third-order valence-electron chi connectivity index (χ3n) is 2.60. The molecule has 1 aliphatic rings. The zero-order chi connectivity index (χ0) is 11.5. The molecule has 0 amide bonds. The number of cyclic esters (lactones) is 2. The number of rotatable bonds is 3. The molecule has 16 heavy (non-hydrogen) atoms. The maximum Gasteiger partial charge on any atom is 0.317 e. The first-order valence-electron chi connectivity index (χ1n) is 5.06. The van der Waals surface area contributed by atoms with Crippen molar-refractivity contribution in [2.45, 2.75) is 12.8 Å². The van der Waals surface area contributed by atoms with E-state index in [0.717, 1.165) is 11.3 Å². The van der Waals surface area contributed by atoms with Gasteiger partial charge >= 0.3 is 11.9 Å². The predicted molar refractivity (Wildman–Crippen MR) is 55.9 cm³/mol. The fourth-order valence-corrected chi connectivity index (χ4v) is 1.72. The van der Waals surface area contributed by atoms with E-state index in [9.17, 15) is 9.59 Å². The number of benzene rings is 1. The van der Waals surface area contributed by atoms with Gasteiger partial charge in [-0.25, -0.2) is 0 Å². The third kappa shape index (κ3) is 2.21. The highest BCUT2D eigenvalue weighted by Crippen LogP contribution is 2.22. The summed E-state index contributed by atoms with van der Waals surface area (Å²) in [5.41, 5.74) is 0.998. The van der Waals surface area contributed by atoms with E-state index in [2.05, 4.69) is 4.74 Å². The Balaban J connectivity index is 2.03. The summed E-state index contributed by atoms with van der Waals surface area (Å²) in [6.07, 6.45) is 0.722. The maximum absolute atomic E-state index is 11.2. The van der Waals surface area contributed by atoms with Gasteiger partial charge in [0.25, 0.3) is 0 Å². The summed E-state index contributed by atoms with van der Waals surface area (Å²) < 4.78 is 9.52. The van der Waals surface area contributed by atoms with Crippen LogP contribution in [0.15, 0.2) is 24.3 Å². The van der Waals surface area contributed by atoms with Crippen LogP contribution < -0.4 is 4.74 Å². The zero-order valence-electron chi connectivity index (χ0n) is 8.93. The van der Waals surface area contributed by atoms with Crippen molar-refractivity contribution >= 4 is 11.9 Å². The number of methoxy groups -OCH3 is 1. The van der Waals surface area contributed by atoms with E-state index in [1.54, 1.807) is 7.11 Å². The number of hydrogen-bond acceptors (Lipinski definition) is 4. The average Bonchev–Trinajstić information content (AvgIpc) is 2.59. The summed E-state index contributed by atoms with van der Waals surface area (Å²) >= 11 is 0. The van der Waals surface area contributed by atoms with Gasteiger partial charge in [-0.05, 0) is 24.1 Å². The zero-order valence-corrected chi connectivity index (χ0v) is 8.93. The second-order valence-corrected chi connectivity index (χ2v) is 3.75. The Labute approximate surface area is 93.2 Å². The molecule has 0 bridgehead atoms. The molecule has 4 heteroatoms. The van der Waals surface area contributed by atoms with Gasteiger partial charge in [0.2, 0.25) is 0 Å². The number of carbonyl (C=O) groups excluding carboxylic acids is 2. The molecule has 0 spiro atoms. The van der Waals surface area contributed by atoms with Crippen LogP contribution in [0.4, 0.5) is 0 Å². The highest BCUT2D eigenvalue weighted by atomic mass is 16.6. The maximum atomic E-state index is 11.2. The molecular weight excluding hydrogens is 208 g/mol. The van der Waals surface area contributed by atoms with Gasteiger partial charge in [-0.2, -0.15) is 0 Å². The Kier molecular flexibility index (Phi) is 2.90. The molecule has 1 fully saturated rings. The molecule has 1 aliphatic heterocycles. The van der Waals surface area contributed by atoms with Gasteiger partial charge in [0.15, 0.2) is 0 Å². The Hall–Kier alpha value is -1.84. The Morgan fingerprint density at radius 2 is 2.00 bits per heavy atom. The van der Waals surface area contributed by atoms with E-state index >= 15 is 0 Å². The molecule has 0 saturated carbocycles. The average molecular weight is 220 g/mol. The van der Waals surface area contributed by atoms with Crippen molar-refractivity contribution in [1.29, 1.82) is 0 Å². The molecule has 4 nitrogen and oxygen atoms in total. The largest absolute Gasteiger partial charge is 0.497 e. The van der Waals surface area contributed by atoms with Crippen molar-refractivity contribution in [3.63, 3.8) is 0 Å². The van der Waals surface area contributed by atoms with Crippen LogP contribution in [0.5, 0.6) is 5.75 Å². The first kappa shape index (κ1) is 10.7. The lowest BCUT2D eigenvalue weighted by molar-refractivity contribution is -0.153. The lowest BCUT2D eigenvalue weighted by atomic mass is 9.98. The standard InChI is InChI=1S/C12H12O4/c1-15-10-4-2-8(3-5-10)6-9-7-11(13)16-12(9)14/h2-5,9H,6-7H2,1H3. The summed E-state index contributed by atoms with van der Waals surface area (Å²) in [7, 11) is 1.60. The first-order valence-corrected chi connectivity index (χ1v) is 5.06. The van der Waals surface area contributed by atoms with E-state index in [4.69, 9.17) is 4.74 Å². The molecule has 0 aliphatic carbocycles. The summed E-state index contributed by atoms with van der Waals surface area (Å²) in [6.45, 7) is 0. The smallest absolute Gasteiger partial charge is 0.317 e. The van der Waals surface area contributed by atoms with Gasteiger partial charge < -0.3 is 9.47 Å². The molecule has 0 radical (unpaired) electrons. The van der Waals surface area contributed by atoms with Crippen molar-refractivity contribution in [1.82, 2.24) is 0 Å². The van der Waals surface area contributed by atoms with Gasteiger partial charge in [-0.3, -0.25) is 9.59 Å².